The van der Waals surface area contributed by atoms with Gasteiger partial charge in [0.25, 0.3) is 0 Å². The molecule has 0 radical (unpaired) electrons. The van der Waals surface area contributed by atoms with Gasteiger partial charge in [0.05, 0.1) is 31.3 Å². The van der Waals surface area contributed by atoms with Gasteiger partial charge in [0.15, 0.2) is 0 Å². The van der Waals surface area contributed by atoms with Crippen LogP contribution in [0.5, 0.6) is 0 Å². The van der Waals surface area contributed by atoms with Gasteiger partial charge in [0.1, 0.15) is 54.4 Å². The summed E-state index contributed by atoms with van der Waals surface area (Å²) in [6, 6.07) is -13.8. The van der Waals surface area contributed by atoms with E-state index in [9.17, 15) is 78.3 Å². The van der Waals surface area contributed by atoms with Crippen LogP contribution >= 0.6 is 0 Å². The predicted octanol–water partition coefficient (Wildman–Crippen LogP) is -5.24. The first kappa shape index (κ1) is 63.0. The van der Waals surface area contributed by atoms with Crippen LogP contribution in [0.3, 0.4) is 0 Å². The van der Waals surface area contributed by atoms with Gasteiger partial charge in [0.2, 0.25) is 53.2 Å². The summed E-state index contributed by atoms with van der Waals surface area (Å²) in [5.41, 5.74) is 10.9. The highest BCUT2D eigenvalue weighted by Gasteiger charge is 2.40. The number of hydrogen-bond donors (Lipinski definition) is 15. The monoisotopic (exact) mass is 1020 g/mol. The van der Waals surface area contributed by atoms with E-state index in [1.165, 1.54) is 32.6 Å². The molecule has 0 unspecified atom stereocenters. The Morgan fingerprint density at radius 2 is 1.04 bits per heavy atom. The highest BCUT2D eigenvalue weighted by atomic mass is 16.4. The molecule has 1 rings (SSSR count). The number of nitrogens with one attached hydrogen (secondary N) is 8. The van der Waals surface area contributed by atoms with Crippen LogP contribution in [0, 0.1) is 11.8 Å². The highest BCUT2D eigenvalue weighted by Crippen LogP contribution is 2.18. The number of carboxylic acid groups (broad SMARTS) is 2. The van der Waals surface area contributed by atoms with Crippen LogP contribution in [-0.2, 0) is 52.7 Å². The number of carboxylic acids is 2. The Morgan fingerprint density at radius 3 is 1.52 bits per heavy atom. The molecule has 27 nitrogen and oxygen atoms in total. The fourth-order valence-electron chi connectivity index (χ4n) is 7.40. The molecule has 0 bridgehead atoms. The highest BCUT2D eigenvalue weighted by molar-refractivity contribution is 5.99. The van der Waals surface area contributed by atoms with Crippen molar-refractivity contribution in [2.45, 2.75) is 179 Å². The SMILES string of the molecule is CC[C@H](C)[C@H](NC(=O)[C@H](CC(=O)O)NC(=O)[C@H](C)NC(=O)[C@@H](NC(=O)[C@@H]1CCCN1C(=O)CN)[C@@H](C)O)C(=O)N[C@H](C(=O)N[C@@H](CC(C)C)C(=O)N[C@H](C(=O)N[C@@H](CCCCN)C(=O)O)[C@@H](C)O)[C@@H](C)O. The third-order valence-corrected chi connectivity index (χ3v) is 11.7. The van der Waals surface area contributed by atoms with E-state index >= 15 is 0 Å². The van der Waals surface area contributed by atoms with E-state index in [2.05, 4.69) is 42.5 Å². The summed E-state index contributed by atoms with van der Waals surface area (Å²) < 4.78 is 0. The first-order chi connectivity index (χ1) is 33.1. The van der Waals surface area contributed by atoms with Gasteiger partial charge in [-0.05, 0) is 84.6 Å². The van der Waals surface area contributed by atoms with Crippen molar-refractivity contribution in [3.63, 3.8) is 0 Å². The Kier molecular flexibility index (Phi) is 27.2. The maximum absolute atomic E-state index is 13.9. The van der Waals surface area contributed by atoms with Crippen LogP contribution in [0.25, 0.3) is 0 Å². The third-order valence-electron chi connectivity index (χ3n) is 11.7. The van der Waals surface area contributed by atoms with Crippen molar-refractivity contribution in [3.05, 3.63) is 0 Å². The van der Waals surface area contributed by atoms with E-state index in [0.717, 1.165) is 6.92 Å². The number of aliphatic carboxylic acids is 2. The molecular weight excluding hydrogens is 939 g/mol. The minimum absolute atomic E-state index is 0.0126. The van der Waals surface area contributed by atoms with Gasteiger partial charge >= 0.3 is 11.9 Å². The van der Waals surface area contributed by atoms with E-state index in [1.807, 2.05) is 0 Å². The van der Waals surface area contributed by atoms with Crippen molar-refractivity contribution >= 4 is 65.1 Å². The minimum Gasteiger partial charge on any atom is -0.481 e. The summed E-state index contributed by atoms with van der Waals surface area (Å²) in [5, 5.41) is 69.5. The number of amides is 9. The maximum Gasteiger partial charge on any atom is 0.326 e. The number of carbonyl (C=O) groups excluding carboxylic acids is 9. The number of likely N-dealkylation sites (tertiary alicyclic amines) is 1. The molecule has 1 aliphatic heterocycles. The average molecular weight is 1020 g/mol. The molecule has 17 N–H and O–H groups in total. The van der Waals surface area contributed by atoms with Crippen LogP contribution < -0.4 is 54.0 Å². The summed E-state index contributed by atoms with van der Waals surface area (Å²) in [6.45, 7) is 11.4. The Hall–Kier alpha value is -6.03. The molecule has 0 aromatic heterocycles. The van der Waals surface area contributed by atoms with Crippen molar-refractivity contribution < 1.29 is 78.3 Å². The summed E-state index contributed by atoms with van der Waals surface area (Å²) in [4.78, 5) is 145. The molecule has 0 spiro atoms. The average Bonchev–Trinajstić information content (AvgIpc) is 3.79. The van der Waals surface area contributed by atoms with Crippen molar-refractivity contribution in [1.29, 1.82) is 0 Å². The summed E-state index contributed by atoms with van der Waals surface area (Å²) >= 11 is 0. The van der Waals surface area contributed by atoms with Crippen LogP contribution in [0.4, 0.5) is 0 Å². The maximum atomic E-state index is 13.9. The van der Waals surface area contributed by atoms with Gasteiger partial charge in [-0.3, -0.25) is 47.9 Å². The lowest BCUT2D eigenvalue weighted by Crippen LogP contribution is -2.63. The second-order valence-corrected chi connectivity index (χ2v) is 18.3. The summed E-state index contributed by atoms with van der Waals surface area (Å²) in [6.07, 6.45) is -3.97. The molecule has 1 aliphatic rings. The number of rotatable bonds is 31. The van der Waals surface area contributed by atoms with E-state index < -0.39 is 150 Å². The Balaban J connectivity index is 3.26. The Labute approximate surface area is 412 Å². The number of nitrogens with two attached hydrogens (primary N) is 2. The van der Waals surface area contributed by atoms with Gasteiger partial charge < -0.3 is 84.4 Å². The number of hydrogen-bond acceptors (Lipinski definition) is 16. The van der Waals surface area contributed by atoms with E-state index in [0.29, 0.717) is 19.3 Å². The number of carbonyl (C=O) groups is 11. The standard InChI is InChI=1S/C44H77N11O16/c1-9-21(4)32(51-38(64)28(18-31(60)61)49-36(62)22(5)47-41(67)33(23(6)56)53-39(65)29-14-12-16-55(29)30(59)19-46)40(66)54-35(25(8)58)43(69)50-27(17-20(2)3)37(63)52-34(24(7)57)42(68)48-26(44(70)71)13-10-11-15-45/h20-29,32-35,56-58H,9-19,45-46H2,1-8H3,(H,47,67)(H,48,68)(H,49,62)(H,50,69)(H,51,64)(H,52,63)(H,53,65)(H,54,66)(H,60,61)(H,70,71)/t21-,22-,23+,24+,25+,26-,27-,28-,29-,32-,33-,34-,35-/m0/s1. The fraction of sp³-hybridized carbons (Fsp3) is 0.750. The van der Waals surface area contributed by atoms with Crippen LogP contribution in [0.2, 0.25) is 0 Å². The normalized spacial score (nSPS) is 18.5. The molecule has 27 heteroatoms. The van der Waals surface area contributed by atoms with Gasteiger partial charge in [-0.1, -0.05) is 34.1 Å². The van der Waals surface area contributed by atoms with E-state index in [1.54, 1.807) is 20.8 Å². The first-order valence-corrected chi connectivity index (χ1v) is 23.7. The van der Waals surface area contributed by atoms with E-state index in [-0.39, 0.29) is 51.2 Å². The molecule has 1 fully saturated rings. The smallest absolute Gasteiger partial charge is 0.326 e. The van der Waals surface area contributed by atoms with E-state index in [4.69, 9.17) is 11.5 Å². The van der Waals surface area contributed by atoms with Crippen molar-refractivity contribution in [2.24, 2.45) is 23.3 Å². The molecule has 0 saturated carbocycles. The van der Waals surface area contributed by atoms with Gasteiger partial charge in [0, 0.05) is 6.54 Å². The number of aliphatic hydroxyl groups is 3. The predicted molar refractivity (Wildman–Crippen MR) is 252 cm³/mol. The molecule has 0 aromatic carbocycles. The lowest BCUT2D eigenvalue weighted by molar-refractivity contribution is -0.143. The van der Waals surface area contributed by atoms with Crippen LogP contribution in [-0.4, -0.2) is 188 Å². The van der Waals surface area contributed by atoms with Crippen molar-refractivity contribution in [3.8, 4) is 0 Å². The molecule has 9 amide bonds. The largest absolute Gasteiger partial charge is 0.481 e. The van der Waals surface area contributed by atoms with Gasteiger partial charge in [-0.25, -0.2) is 4.79 Å². The summed E-state index contributed by atoms with van der Waals surface area (Å²) in [5.74, 6) is -12.7. The Morgan fingerprint density at radius 1 is 0.577 bits per heavy atom. The lowest BCUT2D eigenvalue weighted by Gasteiger charge is -2.30. The number of unbranched alkanes of at least 4 members (excludes halogenated alkanes) is 1. The van der Waals surface area contributed by atoms with Crippen LogP contribution in [0.1, 0.15) is 107 Å². The number of aliphatic hydroxyl groups excluding tert-OH is 3. The zero-order chi connectivity index (χ0) is 54.4. The van der Waals surface area contributed by atoms with Crippen molar-refractivity contribution in [2.75, 3.05) is 19.6 Å². The zero-order valence-corrected chi connectivity index (χ0v) is 41.7. The van der Waals surface area contributed by atoms with Gasteiger partial charge in [-0.15, -0.1) is 0 Å². The van der Waals surface area contributed by atoms with Crippen LogP contribution in [0.15, 0.2) is 0 Å². The second kappa shape index (κ2) is 30.7. The molecule has 1 saturated heterocycles. The minimum atomic E-state index is -1.87. The topological polar surface area (TPSA) is 440 Å². The fourth-order valence-corrected chi connectivity index (χ4v) is 7.40. The Bertz CT molecular complexity index is 1870. The molecule has 0 aliphatic carbocycles. The first-order valence-electron chi connectivity index (χ1n) is 23.7. The van der Waals surface area contributed by atoms with Gasteiger partial charge in [-0.2, -0.15) is 0 Å². The van der Waals surface area contributed by atoms with Crippen molar-refractivity contribution in [1.82, 2.24) is 47.4 Å². The number of nitrogens with zero attached hydrogens (tertiary/aromatic N) is 1. The summed E-state index contributed by atoms with van der Waals surface area (Å²) in [7, 11) is 0. The lowest BCUT2D eigenvalue weighted by atomic mass is 9.96. The molecule has 404 valence electrons. The zero-order valence-electron chi connectivity index (χ0n) is 41.7. The third kappa shape index (κ3) is 20.7. The molecule has 1 heterocycles. The molecular formula is C44H77N11O16. The second-order valence-electron chi connectivity index (χ2n) is 18.3. The quantitative estimate of drug-likeness (QED) is 0.0289. The molecule has 0 aromatic rings. The molecule has 13 atom stereocenters. The molecule has 71 heavy (non-hydrogen) atoms.